The summed E-state index contributed by atoms with van der Waals surface area (Å²) in [4.78, 5) is 25.1. The molecule has 10 heteroatoms. The molecule has 1 N–H and O–H groups in total. The number of likely N-dealkylation sites (tertiary alicyclic amines) is 1. The Labute approximate surface area is 170 Å². The second-order valence-electron chi connectivity index (χ2n) is 7.84. The number of ether oxygens (including phenoxy) is 1. The number of benzene rings is 1. The number of carbonyl (C=O) groups excluding carboxylic acids is 1. The van der Waals surface area contributed by atoms with Gasteiger partial charge in [0.05, 0.1) is 11.7 Å². The number of aromatic carboxylic acids is 1. The van der Waals surface area contributed by atoms with Crippen LogP contribution in [0.15, 0.2) is 30.5 Å². The standard InChI is InChI=1S/C20H20F3N3O4/c1-11-6-14(2-3-16(11)20(21,22)23)30-15-7-12-9-25(10-13(12)8-15)19(29)26-5-4-17(24-26)18(27)28/h2-6,12-13,15H,7-10H2,1H3,(H,27,28). The average molecular weight is 423 g/mol. The quantitative estimate of drug-likeness (QED) is 0.815. The second kappa shape index (κ2) is 7.33. The van der Waals surface area contributed by atoms with E-state index in [4.69, 9.17) is 9.84 Å². The number of aryl methyl sites for hydroxylation is 1. The van der Waals surface area contributed by atoms with Gasteiger partial charge in [0.1, 0.15) is 5.75 Å². The number of carbonyl (C=O) groups is 2. The summed E-state index contributed by atoms with van der Waals surface area (Å²) in [5.74, 6) is -0.331. The van der Waals surface area contributed by atoms with Gasteiger partial charge in [-0.3, -0.25) is 0 Å². The summed E-state index contributed by atoms with van der Waals surface area (Å²) in [7, 11) is 0. The van der Waals surface area contributed by atoms with Crippen molar-refractivity contribution in [2.24, 2.45) is 11.8 Å². The van der Waals surface area contributed by atoms with Crippen LogP contribution in [0.3, 0.4) is 0 Å². The molecule has 2 unspecified atom stereocenters. The lowest BCUT2D eigenvalue weighted by Crippen LogP contribution is -2.34. The molecule has 0 bridgehead atoms. The van der Waals surface area contributed by atoms with Crippen molar-refractivity contribution in [2.75, 3.05) is 13.1 Å². The fourth-order valence-corrected chi connectivity index (χ4v) is 4.41. The van der Waals surface area contributed by atoms with Gasteiger partial charge in [0.15, 0.2) is 5.69 Å². The number of carboxylic acids is 1. The van der Waals surface area contributed by atoms with E-state index in [1.54, 1.807) is 4.90 Å². The maximum absolute atomic E-state index is 12.9. The molecule has 1 amide bonds. The van der Waals surface area contributed by atoms with Crippen molar-refractivity contribution in [1.82, 2.24) is 14.7 Å². The van der Waals surface area contributed by atoms with Crippen LogP contribution in [0.4, 0.5) is 18.0 Å². The minimum atomic E-state index is -4.39. The molecule has 4 rings (SSSR count). The van der Waals surface area contributed by atoms with Crippen molar-refractivity contribution in [2.45, 2.75) is 32.0 Å². The topological polar surface area (TPSA) is 84.7 Å². The Bertz CT molecular complexity index is 974. The number of hydrogen-bond donors (Lipinski definition) is 1. The van der Waals surface area contributed by atoms with Gasteiger partial charge < -0.3 is 14.7 Å². The highest BCUT2D eigenvalue weighted by molar-refractivity contribution is 5.86. The minimum absolute atomic E-state index is 0.114. The van der Waals surface area contributed by atoms with Gasteiger partial charge in [0.2, 0.25) is 0 Å². The van der Waals surface area contributed by atoms with Gasteiger partial charge in [-0.25, -0.2) is 9.59 Å². The molecule has 2 atom stereocenters. The normalized spacial score (nSPS) is 23.5. The van der Waals surface area contributed by atoms with E-state index in [9.17, 15) is 22.8 Å². The molecular formula is C20H20F3N3O4. The van der Waals surface area contributed by atoms with Gasteiger partial charge >= 0.3 is 18.2 Å². The molecule has 1 aliphatic carbocycles. The van der Waals surface area contributed by atoms with Gasteiger partial charge in [-0.15, -0.1) is 0 Å². The first-order valence-electron chi connectivity index (χ1n) is 9.54. The Hall–Kier alpha value is -3.04. The van der Waals surface area contributed by atoms with E-state index in [1.807, 2.05) is 0 Å². The molecule has 1 saturated carbocycles. The third-order valence-corrected chi connectivity index (χ3v) is 5.79. The van der Waals surface area contributed by atoms with Crippen LogP contribution in [-0.2, 0) is 6.18 Å². The smallest absolute Gasteiger partial charge is 0.416 e. The van der Waals surface area contributed by atoms with Crippen LogP contribution in [0.2, 0.25) is 0 Å². The highest BCUT2D eigenvalue weighted by atomic mass is 19.4. The summed E-state index contributed by atoms with van der Waals surface area (Å²) >= 11 is 0. The molecule has 1 aromatic heterocycles. The lowest BCUT2D eigenvalue weighted by atomic mass is 10.0. The molecule has 2 heterocycles. The number of amides is 1. The maximum Gasteiger partial charge on any atom is 0.416 e. The van der Waals surface area contributed by atoms with Crippen molar-refractivity contribution in [3.8, 4) is 5.75 Å². The largest absolute Gasteiger partial charge is 0.490 e. The Morgan fingerprint density at radius 3 is 2.37 bits per heavy atom. The fraction of sp³-hybridized carbons (Fsp3) is 0.450. The number of halogens is 3. The zero-order valence-corrected chi connectivity index (χ0v) is 16.1. The van der Waals surface area contributed by atoms with E-state index in [-0.39, 0.29) is 35.2 Å². The first-order valence-corrected chi connectivity index (χ1v) is 9.54. The van der Waals surface area contributed by atoms with Crippen molar-refractivity contribution in [1.29, 1.82) is 0 Å². The summed E-state index contributed by atoms with van der Waals surface area (Å²) in [5, 5.41) is 12.7. The lowest BCUT2D eigenvalue weighted by molar-refractivity contribution is -0.138. The number of rotatable bonds is 3. The molecule has 30 heavy (non-hydrogen) atoms. The first kappa shape index (κ1) is 20.2. The molecule has 1 aliphatic heterocycles. The van der Waals surface area contributed by atoms with Gasteiger partial charge in [-0.1, -0.05) is 0 Å². The Morgan fingerprint density at radius 1 is 1.17 bits per heavy atom. The van der Waals surface area contributed by atoms with E-state index >= 15 is 0 Å². The number of nitrogens with zero attached hydrogens (tertiary/aromatic N) is 3. The van der Waals surface area contributed by atoms with Gasteiger partial charge in [0.25, 0.3) is 0 Å². The number of fused-ring (bicyclic) bond motifs is 1. The molecule has 7 nitrogen and oxygen atoms in total. The molecular weight excluding hydrogens is 403 g/mol. The molecule has 1 saturated heterocycles. The van der Waals surface area contributed by atoms with E-state index in [0.717, 1.165) is 10.7 Å². The number of alkyl halides is 3. The fourth-order valence-electron chi connectivity index (χ4n) is 4.41. The summed E-state index contributed by atoms with van der Waals surface area (Å²) in [6.45, 7) is 2.43. The molecule has 2 fully saturated rings. The Balaban J connectivity index is 1.35. The van der Waals surface area contributed by atoms with Crippen molar-refractivity contribution in [3.05, 3.63) is 47.3 Å². The van der Waals surface area contributed by atoms with Crippen molar-refractivity contribution >= 4 is 12.0 Å². The van der Waals surface area contributed by atoms with Gasteiger partial charge in [-0.2, -0.15) is 23.0 Å². The zero-order valence-electron chi connectivity index (χ0n) is 16.1. The number of aromatic nitrogens is 2. The molecule has 2 aliphatic rings. The molecule has 2 aromatic rings. The van der Waals surface area contributed by atoms with Crippen LogP contribution in [0, 0.1) is 18.8 Å². The van der Waals surface area contributed by atoms with Crippen LogP contribution in [0.5, 0.6) is 5.75 Å². The zero-order chi connectivity index (χ0) is 21.6. The minimum Gasteiger partial charge on any atom is -0.490 e. The Kier molecular flexibility index (Phi) is 4.95. The molecule has 1 aromatic carbocycles. The summed E-state index contributed by atoms with van der Waals surface area (Å²) < 4.78 is 45.6. The SMILES string of the molecule is Cc1cc(OC2CC3CN(C(=O)n4ccc(C(=O)O)n4)CC3C2)ccc1C(F)(F)F. The van der Waals surface area contributed by atoms with E-state index in [2.05, 4.69) is 5.10 Å². The predicted molar refractivity (Wildman–Crippen MR) is 98.4 cm³/mol. The maximum atomic E-state index is 12.9. The van der Waals surface area contributed by atoms with E-state index < -0.39 is 17.7 Å². The highest BCUT2D eigenvalue weighted by Crippen LogP contribution is 2.40. The van der Waals surface area contributed by atoms with Crippen molar-refractivity contribution < 1.29 is 32.6 Å². The monoisotopic (exact) mass is 423 g/mol. The van der Waals surface area contributed by atoms with Crippen molar-refractivity contribution in [3.63, 3.8) is 0 Å². The Morgan fingerprint density at radius 2 is 1.83 bits per heavy atom. The number of carboxylic acid groups (broad SMARTS) is 1. The van der Waals surface area contributed by atoms with Crippen LogP contribution in [0.25, 0.3) is 0 Å². The van der Waals surface area contributed by atoms with Crippen LogP contribution < -0.4 is 4.74 Å². The van der Waals surface area contributed by atoms with Gasteiger partial charge in [0, 0.05) is 19.3 Å². The molecule has 0 radical (unpaired) electrons. The third kappa shape index (κ3) is 3.86. The summed E-state index contributed by atoms with van der Waals surface area (Å²) in [6, 6.07) is 4.69. The highest BCUT2D eigenvalue weighted by Gasteiger charge is 2.44. The van der Waals surface area contributed by atoms with Crippen LogP contribution in [0.1, 0.15) is 34.5 Å². The summed E-state index contributed by atoms with van der Waals surface area (Å²) in [5.41, 5.74) is -0.741. The van der Waals surface area contributed by atoms with Gasteiger partial charge in [-0.05, 0) is 61.4 Å². The molecule has 160 valence electrons. The third-order valence-electron chi connectivity index (χ3n) is 5.79. The molecule has 0 spiro atoms. The number of hydrogen-bond acceptors (Lipinski definition) is 4. The summed E-state index contributed by atoms with van der Waals surface area (Å²) in [6.07, 6.45) is -1.76. The first-order chi connectivity index (χ1) is 14.1. The lowest BCUT2D eigenvalue weighted by Gasteiger charge is -2.20. The second-order valence-corrected chi connectivity index (χ2v) is 7.84. The van der Waals surface area contributed by atoms with Crippen LogP contribution in [-0.4, -0.2) is 51.0 Å². The van der Waals surface area contributed by atoms with E-state index in [1.165, 1.54) is 31.3 Å². The van der Waals surface area contributed by atoms with E-state index in [0.29, 0.717) is 31.7 Å². The average Bonchev–Trinajstić information content (AvgIpc) is 3.34. The predicted octanol–water partition coefficient (Wildman–Crippen LogP) is 3.67. The van der Waals surface area contributed by atoms with Crippen LogP contribution >= 0.6 is 0 Å².